The van der Waals surface area contributed by atoms with E-state index in [1.54, 1.807) is 7.11 Å². The van der Waals surface area contributed by atoms with E-state index in [0.717, 1.165) is 29.6 Å². The standard InChI is InChI=1S/C18H26N4O2/c1-13(2)12-20-18-21-14(3)11-17(22-18)19-9-10-24-16-7-5-15(23-4)6-8-16/h5-8,11,13H,9-10,12H2,1-4H3,(H2,19,20,21,22). The Morgan fingerprint density at radius 1 is 1.04 bits per heavy atom. The summed E-state index contributed by atoms with van der Waals surface area (Å²) in [5, 5.41) is 6.51. The molecule has 0 fully saturated rings. The Labute approximate surface area is 143 Å². The van der Waals surface area contributed by atoms with Crippen LogP contribution in [-0.2, 0) is 0 Å². The maximum absolute atomic E-state index is 5.69. The molecule has 1 aromatic heterocycles. The van der Waals surface area contributed by atoms with Gasteiger partial charge >= 0.3 is 0 Å². The van der Waals surface area contributed by atoms with E-state index < -0.39 is 0 Å². The van der Waals surface area contributed by atoms with Gasteiger partial charge < -0.3 is 20.1 Å². The topological polar surface area (TPSA) is 68.3 Å². The Morgan fingerprint density at radius 2 is 1.75 bits per heavy atom. The highest BCUT2D eigenvalue weighted by molar-refractivity contribution is 5.42. The molecule has 0 spiro atoms. The molecule has 0 atom stereocenters. The van der Waals surface area contributed by atoms with Crippen molar-refractivity contribution in [3.63, 3.8) is 0 Å². The van der Waals surface area contributed by atoms with Gasteiger partial charge in [-0.2, -0.15) is 4.98 Å². The molecule has 0 amide bonds. The maximum Gasteiger partial charge on any atom is 0.224 e. The number of hydrogen-bond acceptors (Lipinski definition) is 6. The third kappa shape index (κ3) is 5.95. The van der Waals surface area contributed by atoms with Crippen molar-refractivity contribution in [2.45, 2.75) is 20.8 Å². The zero-order valence-corrected chi connectivity index (χ0v) is 14.8. The molecule has 6 heteroatoms. The lowest BCUT2D eigenvalue weighted by Crippen LogP contribution is -2.15. The van der Waals surface area contributed by atoms with E-state index in [1.165, 1.54) is 0 Å². The van der Waals surface area contributed by atoms with Crippen molar-refractivity contribution in [2.75, 3.05) is 37.4 Å². The molecule has 2 N–H and O–H groups in total. The van der Waals surface area contributed by atoms with E-state index in [-0.39, 0.29) is 0 Å². The number of ether oxygens (including phenoxy) is 2. The number of methoxy groups -OCH3 is 1. The Bertz CT molecular complexity index is 629. The van der Waals surface area contributed by atoms with Crippen LogP contribution in [0.4, 0.5) is 11.8 Å². The van der Waals surface area contributed by atoms with Crippen LogP contribution >= 0.6 is 0 Å². The van der Waals surface area contributed by atoms with Gasteiger partial charge in [-0.25, -0.2) is 4.98 Å². The molecule has 0 aliphatic rings. The van der Waals surface area contributed by atoms with Gasteiger partial charge in [-0.1, -0.05) is 13.8 Å². The minimum Gasteiger partial charge on any atom is -0.497 e. The lowest BCUT2D eigenvalue weighted by molar-refractivity contribution is 0.331. The first-order valence-corrected chi connectivity index (χ1v) is 8.17. The Kier molecular flexibility index (Phi) is 6.66. The lowest BCUT2D eigenvalue weighted by atomic mass is 10.2. The lowest BCUT2D eigenvalue weighted by Gasteiger charge is -2.12. The van der Waals surface area contributed by atoms with Gasteiger partial charge in [-0.05, 0) is 37.1 Å². The molecule has 1 heterocycles. The molecular formula is C18H26N4O2. The monoisotopic (exact) mass is 330 g/mol. The average molecular weight is 330 g/mol. The van der Waals surface area contributed by atoms with Gasteiger partial charge in [0, 0.05) is 18.3 Å². The van der Waals surface area contributed by atoms with Crippen LogP contribution in [0.1, 0.15) is 19.5 Å². The van der Waals surface area contributed by atoms with Crippen LogP contribution in [0.3, 0.4) is 0 Å². The second-order valence-corrected chi connectivity index (χ2v) is 5.94. The summed E-state index contributed by atoms with van der Waals surface area (Å²) in [6.07, 6.45) is 0. The fourth-order valence-electron chi connectivity index (χ4n) is 2.05. The largest absolute Gasteiger partial charge is 0.497 e. The van der Waals surface area contributed by atoms with E-state index in [1.807, 2.05) is 37.3 Å². The molecule has 130 valence electrons. The fourth-order valence-corrected chi connectivity index (χ4v) is 2.05. The SMILES string of the molecule is COc1ccc(OCCNc2cc(C)nc(NCC(C)C)n2)cc1. The summed E-state index contributed by atoms with van der Waals surface area (Å²) in [7, 11) is 1.65. The molecule has 24 heavy (non-hydrogen) atoms. The van der Waals surface area contributed by atoms with Crippen LogP contribution in [0.25, 0.3) is 0 Å². The van der Waals surface area contributed by atoms with Gasteiger partial charge in [0.25, 0.3) is 0 Å². The highest BCUT2D eigenvalue weighted by Crippen LogP contribution is 2.17. The quantitative estimate of drug-likeness (QED) is 0.687. The molecule has 1 aromatic carbocycles. The normalized spacial score (nSPS) is 10.5. The molecule has 0 bridgehead atoms. The first-order valence-electron chi connectivity index (χ1n) is 8.17. The van der Waals surface area contributed by atoms with Crippen molar-refractivity contribution in [1.82, 2.24) is 9.97 Å². The second-order valence-electron chi connectivity index (χ2n) is 5.94. The van der Waals surface area contributed by atoms with Crippen molar-refractivity contribution in [1.29, 1.82) is 0 Å². The predicted octanol–water partition coefficient (Wildman–Crippen LogP) is 3.35. The first kappa shape index (κ1) is 17.8. The second kappa shape index (κ2) is 8.96. The summed E-state index contributed by atoms with van der Waals surface area (Å²) in [4.78, 5) is 8.86. The molecule has 0 saturated heterocycles. The van der Waals surface area contributed by atoms with E-state index >= 15 is 0 Å². The summed E-state index contributed by atoms with van der Waals surface area (Å²) in [6.45, 7) is 8.32. The number of rotatable bonds is 9. The maximum atomic E-state index is 5.69. The van der Waals surface area contributed by atoms with E-state index in [2.05, 4.69) is 34.4 Å². The van der Waals surface area contributed by atoms with Gasteiger partial charge in [-0.15, -0.1) is 0 Å². The van der Waals surface area contributed by atoms with E-state index in [0.29, 0.717) is 25.0 Å². The summed E-state index contributed by atoms with van der Waals surface area (Å²) in [5.74, 6) is 3.63. The minimum atomic E-state index is 0.545. The number of anilines is 2. The van der Waals surface area contributed by atoms with Crippen molar-refractivity contribution >= 4 is 11.8 Å². The van der Waals surface area contributed by atoms with Crippen LogP contribution in [0.15, 0.2) is 30.3 Å². The van der Waals surface area contributed by atoms with Gasteiger partial charge in [0.05, 0.1) is 13.7 Å². The van der Waals surface area contributed by atoms with Gasteiger partial charge in [-0.3, -0.25) is 0 Å². The zero-order chi connectivity index (χ0) is 17.4. The summed E-state index contributed by atoms with van der Waals surface area (Å²) < 4.78 is 10.8. The van der Waals surface area contributed by atoms with Crippen molar-refractivity contribution in [2.24, 2.45) is 5.92 Å². The highest BCUT2D eigenvalue weighted by atomic mass is 16.5. The third-order valence-corrected chi connectivity index (χ3v) is 3.26. The highest BCUT2D eigenvalue weighted by Gasteiger charge is 2.03. The smallest absolute Gasteiger partial charge is 0.224 e. The van der Waals surface area contributed by atoms with Crippen molar-refractivity contribution in [3.8, 4) is 11.5 Å². The molecule has 2 aromatic rings. The number of hydrogen-bond donors (Lipinski definition) is 2. The zero-order valence-electron chi connectivity index (χ0n) is 14.8. The van der Waals surface area contributed by atoms with Crippen molar-refractivity contribution < 1.29 is 9.47 Å². The Balaban J connectivity index is 1.80. The van der Waals surface area contributed by atoms with Crippen molar-refractivity contribution in [3.05, 3.63) is 36.0 Å². The van der Waals surface area contributed by atoms with Crippen LogP contribution < -0.4 is 20.1 Å². The minimum absolute atomic E-state index is 0.545. The number of benzene rings is 1. The molecule has 0 aliphatic heterocycles. The third-order valence-electron chi connectivity index (χ3n) is 3.26. The average Bonchev–Trinajstić information content (AvgIpc) is 2.57. The summed E-state index contributed by atoms with van der Waals surface area (Å²) >= 11 is 0. The van der Waals surface area contributed by atoms with Crippen LogP contribution in [0.2, 0.25) is 0 Å². The summed E-state index contributed by atoms with van der Waals surface area (Å²) in [6, 6.07) is 9.46. The first-order chi connectivity index (χ1) is 11.6. The van der Waals surface area contributed by atoms with Gasteiger partial charge in [0.1, 0.15) is 23.9 Å². The number of nitrogens with one attached hydrogen (secondary N) is 2. The number of aryl methyl sites for hydroxylation is 1. The molecule has 0 aliphatic carbocycles. The van der Waals surface area contributed by atoms with E-state index in [4.69, 9.17) is 9.47 Å². The molecule has 2 rings (SSSR count). The molecular weight excluding hydrogens is 304 g/mol. The Hall–Kier alpha value is -2.50. The molecule has 0 saturated carbocycles. The molecule has 0 unspecified atom stereocenters. The number of nitrogens with zero attached hydrogens (tertiary/aromatic N) is 2. The Morgan fingerprint density at radius 3 is 2.42 bits per heavy atom. The molecule has 6 nitrogen and oxygen atoms in total. The van der Waals surface area contributed by atoms with Crippen LogP contribution in [0.5, 0.6) is 11.5 Å². The molecule has 0 radical (unpaired) electrons. The number of aromatic nitrogens is 2. The fraction of sp³-hybridized carbons (Fsp3) is 0.444. The summed E-state index contributed by atoms with van der Waals surface area (Å²) in [5.41, 5.74) is 0.926. The van der Waals surface area contributed by atoms with Crippen LogP contribution in [0, 0.1) is 12.8 Å². The van der Waals surface area contributed by atoms with Crippen LogP contribution in [-0.4, -0.2) is 36.8 Å². The van der Waals surface area contributed by atoms with E-state index in [9.17, 15) is 0 Å². The van der Waals surface area contributed by atoms with Gasteiger partial charge in [0.2, 0.25) is 5.95 Å². The van der Waals surface area contributed by atoms with Gasteiger partial charge in [0.15, 0.2) is 0 Å². The predicted molar refractivity (Wildman–Crippen MR) is 97.1 cm³/mol.